The fraction of sp³-hybridized carbons (Fsp3) is 0.200. The molecule has 0 fully saturated rings. The topological polar surface area (TPSA) is 49.2 Å². The van der Waals surface area contributed by atoms with Crippen molar-refractivity contribution in [3.8, 4) is 11.5 Å². The van der Waals surface area contributed by atoms with Crippen molar-refractivity contribution in [1.29, 1.82) is 0 Å². The largest absolute Gasteiger partial charge is 0.497 e. The molecule has 0 saturated heterocycles. The molecule has 0 aliphatic rings. The third-order valence-electron chi connectivity index (χ3n) is 3.86. The Kier molecular flexibility index (Phi) is 7.25. The van der Waals surface area contributed by atoms with E-state index in [1.54, 1.807) is 43.1 Å². The molecule has 1 aromatic heterocycles. The highest BCUT2D eigenvalue weighted by Crippen LogP contribution is 2.29. The van der Waals surface area contributed by atoms with Gasteiger partial charge >= 0.3 is 0 Å². The Labute approximate surface area is 178 Å². The highest BCUT2D eigenvalue weighted by Gasteiger charge is 2.13. The SMILES string of the molecule is C=CCn1c(COc2ccc(Cl)cc2Cl)nnc1SCc1cccc(OC)c1. The van der Waals surface area contributed by atoms with Crippen LogP contribution in [0.25, 0.3) is 0 Å². The number of thioether (sulfide) groups is 1. The smallest absolute Gasteiger partial charge is 0.191 e. The zero-order valence-electron chi connectivity index (χ0n) is 15.3. The van der Waals surface area contributed by atoms with E-state index in [-0.39, 0.29) is 6.61 Å². The summed E-state index contributed by atoms with van der Waals surface area (Å²) >= 11 is 13.7. The second-order valence-electron chi connectivity index (χ2n) is 5.80. The highest BCUT2D eigenvalue weighted by molar-refractivity contribution is 7.98. The minimum atomic E-state index is 0.238. The molecule has 0 bridgehead atoms. The first-order valence-electron chi connectivity index (χ1n) is 8.47. The van der Waals surface area contributed by atoms with Crippen molar-refractivity contribution in [2.45, 2.75) is 24.1 Å². The zero-order valence-corrected chi connectivity index (χ0v) is 17.6. The Hall–Kier alpha value is -2.15. The van der Waals surface area contributed by atoms with Crippen LogP contribution >= 0.6 is 35.0 Å². The van der Waals surface area contributed by atoms with E-state index in [0.29, 0.717) is 28.2 Å². The van der Waals surface area contributed by atoms with Gasteiger partial charge in [-0.1, -0.05) is 53.2 Å². The molecular weight excluding hydrogens is 417 g/mol. The van der Waals surface area contributed by atoms with Gasteiger partial charge in [-0.2, -0.15) is 0 Å². The van der Waals surface area contributed by atoms with Gasteiger partial charge < -0.3 is 9.47 Å². The minimum absolute atomic E-state index is 0.238. The van der Waals surface area contributed by atoms with Crippen molar-refractivity contribution < 1.29 is 9.47 Å². The Morgan fingerprint density at radius 1 is 1.18 bits per heavy atom. The second-order valence-corrected chi connectivity index (χ2v) is 7.59. The van der Waals surface area contributed by atoms with Gasteiger partial charge in [-0.05, 0) is 35.9 Å². The molecule has 1 heterocycles. The number of ether oxygens (including phenoxy) is 2. The van der Waals surface area contributed by atoms with Crippen LogP contribution in [0.5, 0.6) is 11.5 Å². The van der Waals surface area contributed by atoms with Gasteiger partial charge in [0.2, 0.25) is 0 Å². The number of benzene rings is 2. The van der Waals surface area contributed by atoms with Gasteiger partial charge in [-0.3, -0.25) is 4.57 Å². The summed E-state index contributed by atoms with van der Waals surface area (Å²) in [7, 11) is 1.66. The minimum Gasteiger partial charge on any atom is -0.497 e. The monoisotopic (exact) mass is 435 g/mol. The first-order chi connectivity index (χ1) is 13.6. The predicted octanol–water partition coefficient (Wildman–Crippen LogP) is 5.65. The van der Waals surface area contributed by atoms with Crippen molar-refractivity contribution in [2.24, 2.45) is 0 Å². The van der Waals surface area contributed by atoms with Gasteiger partial charge in [0.1, 0.15) is 18.1 Å². The van der Waals surface area contributed by atoms with E-state index in [1.807, 2.05) is 22.8 Å². The molecule has 3 rings (SSSR count). The molecule has 0 aliphatic carbocycles. The average Bonchev–Trinajstić information content (AvgIpc) is 3.08. The first-order valence-corrected chi connectivity index (χ1v) is 10.2. The van der Waals surface area contributed by atoms with Crippen molar-refractivity contribution in [2.75, 3.05) is 7.11 Å². The Bertz CT molecular complexity index is 962. The number of rotatable bonds is 9. The van der Waals surface area contributed by atoms with Gasteiger partial charge in [0.25, 0.3) is 0 Å². The zero-order chi connectivity index (χ0) is 19.9. The number of aromatic nitrogens is 3. The fourth-order valence-electron chi connectivity index (χ4n) is 2.49. The van der Waals surface area contributed by atoms with Gasteiger partial charge in [0, 0.05) is 17.3 Å². The number of methoxy groups -OCH3 is 1. The number of hydrogen-bond donors (Lipinski definition) is 0. The lowest BCUT2D eigenvalue weighted by molar-refractivity contribution is 0.289. The van der Waals surface area contributed by atoms with Gasteiger partial charge in [0.15, 0.2) is 11.0 Å². The summed E-state index contributed by atoms with van der Waals surface area (Å²) in [6.45, 7) is 4.64. The van der Waals surface area contributed by atoms with Crippen LogP contribution in [0.15, 0.2) is 60.3 Å². The molecule has 0 atom stereocenters. The third-order valence-corrected chi connectivity index (χ3v) is 5.43. The van der Waals surface area contributed by atoms with Crippen molar-refractivity contribution in [3.63, 3.8) is 0 Å². The Morgan fingerprint density at radius 2 is 2.04 bits per heavy atom. The van der Waals surface area contributed by atoms with Crippen LogP contribution < -0.4 is 9.47 Å². The Morgan fingerprint density at radius 3 is 2.79 bits per heavy atom. The molecule has 0 radical (unpaired) electrons. The van der Waals surface area contributed by atoms with Crippen LogP contribution in [-0.2, 0) is 18.9 Å². The summed E-state index contributed by atoms with van der Waals surface area (Å²) in [6, 6.07) is 13.1. The standard InChI is InChI=1S/C20H19Cl2N3O2S/c1-3-9-25-19(12-27-18-8-7-15(21)11-17(18)22)23-24-20(25)28-13-14-5-4-6-16(10-14)26-2/h3-8,10-11H,1,9,12-13H2,2H3. The third kappa shape index (κ3) is 5.22. The van der Waals surface area contributed by atoms with Gasteiger partial charge in [0.05, 0.1) is 12.1 Å². The summed E-state index contributed by atoms with van der Waals surface area (Å²) in [6.07, 6.45) is 1.80. The predicted molar refractivity (Wildman–Crippen MR) is 114 cm³/mol. The second kappa shape index (κ2) is 9.87. The molecule has 0 saturated carbocycles. The first kappa shape index (κ1) is 20.6. The van der Waals surface area contributed by atoms with Crippen LogP contribution in [0.4, 0.5) is 0 Å². The van der Waals surface area contributed by atoms with Crippen molar-refractivity contribution in [1.82, 2.24) is 14.8 Å². The lowest BCUT2D eigenvalue weighted by Crippen LogP contribution is -2.07. The molecule has 0 unspecified atom stereocenters. The number of allylic oxidation sites excluding steroid dienone is 1. The fourth-order valence-corrected chi connectivity index (χ4v) is 3.86. The highest BCUT2D eigenvalue weighted by atomic mass is 35.5. The maximum Gasteiger partial charge on any atom is 0.191 e. The molecule has 146 valence electrons. The van der Waals surface area contributed by atoms with Crippen LogP contribution in [0.2, 0.25) is 10.0 Å². The summed E-state index contributed by atoms with van der Waals surface area (Å²) < 4.78 is 13.0. The molecule has 0 amide bonds. The number of nitrogens with zero attached hydrogens (tertiary/aromatic N) is 3. The molecule has 0 aliphatic heterocycles. The summed E-state index contributed by atoms with van der Waals surface area (Å²) in [5, 5.41) is 10.4. The van der Waals surface area contributed by atoms with E-state index in [4.69, 9.17) is 32.7 Å². The summed E-state index contributed by atoms with van der Waals surface area (Å²) in [4.78, 5) is 0. The lowest BCUT2D eigenvalue weighted by atomic mass is 10.2. The molecule has 0 spiro atoms. The van der Waals surface area contributed by atoms with E-state index >= 15 is 0 Å². The summed E-state index contributed by atoms with van der Waals surface area (Å²) in [5.41, 5.74) is 1.14. The summed E-state index contributed by atoms with van der Waals surface area (Å²) in [5.74, 6) is 2.82. The molecule has 8 heteroatoms. The molecule has 3 aromatic rings. The molecule has 5 nitrogen and oxygen atoms in total. The van der Waals surface area contributed by atoms with E-state index in [1.165, 1.54) is 0 Å². The maximum atomic E-state index is 6.16. The van der Waals surface area contributed by atoms with E-state index < -0.39 is 0 Å². The van der Waals surface area contributed by atoms with E-state index in [0.717, 1.165) is 22.2 Å². The molecular formula is C20H19Cl2N3O2S. The Balaban J connectivity index is 1.70. The number of halogens is 2. The molecule has 28 heavy (non-hydrogen) atoms. The van der Waals surface area contributed by atoms with Crippen LogP contribution in [0.3, 0.4) is 0 Å². The average molecular weight is 436 g/mol. The van der Waals surface area contributed by atoms with E-state index in [2.05, 4.69) is 22.8 Å². The number of hydrogen-bond acceptors (Lipinski definition) is 5. The van der Waals surface area contributed by atoms with Crippen molar-refractivity contribution in [3.05, 3.63) is 76.6 Å². The quantitative estimate of drug-likeness (QED) is 0.321. The lowest BCUT2D eigenvalue weighted by Gasteiger charge is -2.10. The molecule has 0 N–H and O–H groups in total. The van der Waals surface area contributed by atoms with Crippen LogP contribution in [-0.4, -0.2) is 21.9 Å². The van der Waals surface area contributed by atoms with Crippen LogP contribution in [0.1, 0.15) is 11.4 Å². The van der Waals surface area contributed by atoms with Crippen LogP contribution in [0, 0.1) is 0 Å². The maximum absolute atomic E-state index is 6.16. The van der Waals surface area contributed by atoms with Gasteiger partial charge in [-0.15, -0.1) is 16.8 Å². The van der Waals surface area contributed by atoms with Crippen molar-refractivity contribution >= 4 is 35.0 Å². The van der Waals surface area contributed by atoms with Gasteiger partial charge in [-0.25, -0.2) is 0 Å². The normalized spacial score (nSPS) is 10.7. The molecule has 2 aromatic carbocycles. The van der Waals surface area contributed by atoms with E-state index in [9.17, 15) is 0 Å².